The van der Waals surface area contributed by atoms with Crippen molar-refractivity contribution in [3.8, 4) is 0 Å². The van der Waals surface area contributed by atoms with Crippen molar-refractivity contribution >= 4 is 34.7 Å². The van der Waals surface area contributed by atoms with Gasteiger partial charge in [-0.1, -0.05) is 13.8 Å². The van der Waals surface area contributed by atoms with Crippen molar-refractivity contribution in [2.45, 2.75) is 78.5 Å². The molecule has 2 amide bonds. The summed E-state index contributed by atoms with van der Waals surface area (Å²) in [6, 6.07) is 2.51. The molecular formula is C25H37N5O7. The summed E-state index contributed by atoms with van der Waals surface area (Å²) < 4.78 is 12.2. The summed E-state index contributed by atoms with van der Waals surface area (Å²) in [5, 5.41) is 16.4. The van der Waals surface area contributed by atoms with Gasteiger partial charge in [-0.25, -0.2) is 14.6 Å². The summed E-state index contributed by atoms with van der Waals surface area (Å²) in [7, 11) is 1.78. The van der Waals surface area contributed by atoms with Gasteiger partial charge in [0.2, 0.25) is 5.91 Å². The number of alkyl carbamates (subject to hydrolysis) is 1. The minimum absolute atomic E-state index is 0.0671. The van der Waals surface area contributed by atoms with Gasteiger partial charge in [0.25, 0.3) is 5.69 Å². The number of benzene rings is 1. The molecule has 0 unspecified atom stereocenters. The minimum Gasteiger partial charge on any atom is -0.464 e. The van der Waals surface area contributed by atoms with E-state index < -0.39 is 40.6 Å². The van der Waals surface area contributed by atoms with Crippen LogP contribution in [0.25, 0.3) is 11.0 Å². The van der Waals surface area contributed by atoms with Gasteiger partial charge in [-0.3, -0.25) is 14.9 Å². The van der Waals surface area contributed by atoms with Gasteiger partial charge < -0.3 is 24.7 Å². The zero-order chi connectivity index (χ0) is 27.9. The zero-order valence-electron chi connectivity index (χ0n) is 22.5. The predicted molar refractivity (Wildman–Crippen MR) is 137 cm³/mol. The van der Waals surface area contributed by atoms with Crippen LogP contribution in [0.1, 0.15) is 60.2 Å². The fraction of sp³-hybridized carbons (Fsp3) is 0.600. The second kappa shape index (κ2) is 12.5. The Bertz CT molecular complexity index is 1140. The number of nitrogens with zero attached hydrogens (tertiary/aromatic N) is 3. The van der Waals surface area contributed by atoms with Crippen molar-refractivity contribution in [2.24, 2.45) is 13.0 Å². The number of hydrogen-bond donors (Lipinski definition) is 2. The van der Waals surface area contributed by atoms with E-state index in [-0.39, 0.29) is 31.1 Å². The van der Waals surface area contributed by atoms with Gasteiger partial charge in [-0.05, 0) is 52.5 Å². The van der Waals surface area contributed by atoms with Gasteiger partial charge in [-0.2, -0.15) is 0 Å². The lowest BCUT2D eigenvalue weighted by Crippen LogP contribution is -2.53. The third-order valence-electron chi connectivity index (χ3n) is 5.43. The van der Waals surface area contributed by atoms with Crippen LogP contribution < -0.4 is 10.6 Å². The Labute approximate surface area is 216 Å². The number of carbonyl (C=O) groups excluding carboxylic acids is 3. The number of carbonyl (C=O) groups is 3. The number of esters is 1. The Morgan fingerprint density at radius 1 is 1.16 bits per heavy atom. The molecule has 12 heteroatoms. The van der Waals surface area contributed by atoms with Crippen molar-refractivity contribution in [2.75, 3.05) is 6.61 Å². The topological polar surface area (TPSA) is 155 Å². The molecule has 2 N–H and O–H groups in total. The monoisotopic (exact) mass is 519 g/mol. The SMILES string of the molecule is CCOC(=O)[C@H](CCc1nc2cc([N+](=O)[O-])ccc2n1C)NC(=O)[C@H](CC(C)C)NC(=O)OC(C)(C)C. The lowest BCUT2D eigenvalue weighted by atomic mass is 10.0. The molecule has 2 aromatic rings. The third kappa shape index (κ3) is 8.72. The van der Waals surface area contributed by atoms with Crippen molar-refractivity contribution < 1.29 is 28.8 Å². The molecule has 12 nitrogen and oxygen atoms in total. The van der Waals surface area contributed by atoms with Crippen molar-refractivity contribution in [3.05, 3.63) is 34.1 Å². The van der Waals surface area contributed by atoms with Crippen LogP contribution in [0.2, 0.25) is 0 Å². The normalized spacial score (nSPS) is 13.2. The first-order valence-electron chi connectivity index (χ1n) is 12.3. The summed E-state index contributed by atoms with van der Waals surface area (Å²) in [5.74, 6) is -0.468. The molecule has 2 atom stereocenters. The first kappa shape index (κ1) is 29.5. The number of amides is 2. The molecule has 0 bridgehead atoms. The maximum Gasteiger partial charge on any atom is 0.408 e. The largest absolute Gasteiger partial charge is 0.464 e. The average molecular weight is 520 g/mol. The first-order valence-corrected chi connectivity index (χ1v) is 12.3. The van der Waals surface area contributed by atoms with Crippen molar-refractivity contribution in [1.82, 2.24) is 20.2 Å². The lowest BCUT2D eigenvalue weighted by molar-refractivity contribution is -0.384. The van der Waals surface area contributed by atoms with Gasteiger partial charge in [0.15, 0.2) is 0 Å². The van der Waals surface area contributed by atoms with E-state index in [9.17, 15) is 24.5 Å². The van der Waals surface area contributed by atoms with E-state index in [1.807, 2.05) is 13.8 Å². The highest BCUT2D eigenvalue weighted by Crippen LogP contribution is 2.22. The average Bonchev–Trinajstić information content (AvgIpc) is 3.09. The predicted octanol–water partition coefficient (Wildman–Crippen LogP) is 3.40. The number of non-ortho nitro benzene ring substituents is 1. The van der Waals surface area contributed by atoms with Crippen LogP contribution in [0.4, 0.5) is 10.5 Å². The molecule has 0 aliphatic carbocycles. The molecule has 0 aliphatic heterocycles. The van der Waals surface area contributed by atoms with Crippen molar-refractivity contribution in [3.63, 3.8) is 0 Å². The molecule has 204 valence electrons. The first-order chi connectivity index (χ1) is 17.2. The number of nitro groups is 1. The third-order valence-corrected chi connectivity index (χ3v) is 5.43. The Kier molecular flexibility index (Phi) is 9.98. The fourth-order valence-electron chi connectivity index (χ4n) is 3.77. The maximum atomic E-state index is 13.1. The van der Waals surface area contributed by atoms with Crippen LogP contribution in [0.15, 0.2) is 18.2 Å². The number of aromatic nitrogens is 2. The van der Waals surface area contributed by atoms with Gasteiger partial charge >= 0.3 is 12.1 Å². The van der Waals surface area contributed by atoms with E-state index in [0.29, 0.717) is 23.3 Å². The number of nitrogens with one attached hydrogen (secondary N) is 2. The highest BCUT2D eigenvalue weighted by molar-refractivity contribution is 5.89. The Hall–Kier alpha value is -3.70. The minimum atomic E-state index is -0.989. The van der Waals surface area contributed by atoms with Crippen LogP contribution in [0.3, 0.4) is 0 Å². The Morgan fingerprint density at radius 2 is 1.84 bits per heavy atom. The quantitative estimate of drug-likeness (QED) is 0.260. The van der Waals surface area contributed by atoms with E-state index in [2.05, 4.69) is 15.6 Å². The van der Waals surface area contributed by atoms with E-state index in [4.69, 9.17) is 9.47 Å². The number of rotatable bonds is 11. The Morgan fingerprint density at radius 3 is 2.41 bits per heavy atom. The van der Waals surface area contributed by atoms with E-state index in [1.54, 1.807) is 45.4 Å². The second-order valence-electron chi connectivity index (χ2n) is 10.2. The number of ether oxygens (including phenoxy) is 2. The van der Waals surface area contributed by atoms with Crippen LogP contribution in [0.5, 0.6) is 0 Å². The highest BCUT2D eigenvalue weighted by Gasteiger charge is 2.30. The van der Waals surface area contributed by atoms with E-state index >= 15 is 0 Å². The summed E-state index contributed by atoms with van der Waals surface area (Å²) >= 11 is 0. The molecule has 0 saturated heterocycles. The standard InChI is InChI=1S/C25H37N5O7/c1-8-36-23(32)17(27-22(31)19(13-15(2)3)28-24(33)37-25(4,5)6)10-12-21-26-18-14-16(30(34)35)9-11-20(18)29(21)7/h9,11,14-15,17,19H,8,10,12-13H2,1-7H3,(H,27,31)(H,28,33)/t17-,19-/m0/s1. The second-order valence-corrected chi connectivity index (χ2v) is 10.2. The summed E-state index contributed by atoms with van der Waals surface area (Å²) in [5.41, 5.74) is 0.364. The van der Waals surface area contributed by atoms with E-state index in [0.717, 1.165) is 0 Å². The number of nitro benzene ring substituents is 1. The number of hydrogen-bond acceptors (Lipinski definition) is 8. The number of fused-ring (bicyclic) bond motifs is 1. The number of imidazole rings is 1. The molecule has 0 saturated carbocycles. The molecule has 1 heterocycles. The Balaban J connectivity index is 2.20. The van der Waals surface area contributed by atoms with Crippen molar-refractivity contribution in [1.29, 1.82) is 0 Å². The molecule has 0 aliphatic rings. The highest BCUT2D eigenvalue weighted by atomic mass is 16.6. The van der Waals surface area contributed by atoms with Gasteiger partial charge in [0, 0.05) is 25.6 Å². The van der Waals surface area contributed by atoms with Crippen LogP contribution in [-0.4, -0.2) is 56.7 Å². The molecule has 37 heavy (non-hydrogen) atoms. The molecule has 1 aromatic heterocycles. The van der Waals surface area contributed by atoms with Crippen LogP contribution in [-0.2, 0) is 32.5 Å². The van der Waals surface area contributed by atoms with E-state index in [1.165, 1.54) is 12.1 Å². The van der Waals surface area contributed by atoms with Gasteiger partial charge in [0.05, 0.1) is 22.6 Å². The summed E-state index contributed by atoms with van der Waals surface area (Å²) in [6.07, 6.45) is 0.0705. The zero-order valence-corrected chi connectivity index (χ0v) is 22.5. The molecular weight excluding hydrogens is 482 g/mol. The fourth-order valence-corrected chi connectivity index (χ4v) is 3.77. The molecule has 2 rings (SSSR count). The lowest BCUT2D eigenvalue weighted by Gasteiger charge is -2.25. The molecule has 0 radical (unpaired) electrons. The molecule has 1 aromatic carbocycles. The summed E-state index contributed by atoms with van der Waals surface area (Å²) in [6.45, 7) is 10.8. The number of aryl methyl sites for hydroxylation is 2. The smallest absolute Gasteiger partial charge is 0.408 e. The van der Waals surface area contributed by atoms with Gasteiger partial charge in [0.1, 0.15) is 23.5 Å². The summed E-state index contributed by atoms with van der Waals surface area (Å²) in [4.78, 5) is 53.2. The van der Waals surface area contributed by atoms with Crippen LogP contribution in [0, 0.1) is 16.0 Å². The molecule has 0 fully saturated rings. The van der Waals surface area contributed by atoms with Crippen LogP contribution >= 0.6 is 0 Å². The van der Waals surface area contributed by atoms with Gasteiger partial charge in [-0.15, -0.1) is 0 Å². The molecule has 0 spiro atoms. The maximum absolute atomic E-state index is 13.1.